The Morgan fingerprint density at radius 2 is 1.50 bits per heavy atom. The normalized spacial score (nSPS) is 9.67. The molecule has 0 amide bonds. The van der Waals surface area contributed by atoms with Crippen molar-refractivity contribution in [1.82, 2.24) is 0 Å². The van der Waals surface area contributed by atoms with Crippen molar-refractivity contribution >= 4 is 36.0 Å². The first kappa shape index (κ1) is 9.91. The molecule has 5 heteroatoms. The van der Waals surface area contributed by atoms with Gasteiger partial charge in [-0.05, 0) is 0 Å². The molecule has 0 rings (SSSR count). The molecule has 0 spiro atoms. The summed E-state index contributed by atoms with van der Waals surface area (Å²) >= 11 is 0. The molecular formula is CH4InO3S. The van der Waals surface area contributed by atoms with Gasteiger partial charge in [-0.15, -0.1) is 0 Å². The van der Waals surface area contributed by atoms with Gasteiger partial charge in [0.25, 0.3) is 10.1 Å². The van der Waals surface area contributed by atoms with Gasteiger partial charge >= 0.3 is 0 Å². The van der Waals surface area contributed by atoms with Crippen molar-refractivity contribution in [2.75, 3.05) is 6.26 Å². The van der Waals surface area contributed by atoms with Gasteiger partial charge in [0.15, 0.2) is 0 Å². The topological polar surface area (TPSA) is 54.4 Å². The average molecular weight is 211 g/mol. The molecule has 0 atom stereocenters. The molecular weight excluding hydrogens is 207 g/mol. The Hall–Kier alpha value is 0.780. The Bertz CT molecular complexity index is 94.0. The van der Waals surface area contributed by atoms with Crippen LogP contribution in [-0.4, -0.2) is 45.1 Å². The molecule has 0 aromatic rings. The van der Waals surface area contributed by atoms with Gasteiger partial charge < -0.3 is 0 Å². The fourth-order valence-corrected chi connectivity index (χ4v) is 0. The Balaban J connectivity index is 0. The first-order chi connectivity index (χ1) is 2.00. The quantitative estimate of drug-likeness (QED) is 0.529. The molecule has 0 saturated heterocycles. The minimum absolute atomic E-state index is 0. The smallest absolute Gasteiger partial charge is 0.261 e. The second-order valence-corrected chi connectivity index (χ2v) is 2.20. The third-order valence-corrected chi connectivity index (χ3v) is 0. The number of rotatable bonds is 0. The van der Waals surface area contributed by atoms with Gasteiger partial charge in [0, 0.05) is 25.8 Å². The van der Waals surface area contributed by atoms with Gasteiger partial charge in [0.05, 0.1) is 6.26 Å². The summed E-state index contributed by atoms with van der Waals surface area (Å²) in [4.78, 5) is 0. The predicted molar refractivity (Wildman–Crippen MR) is 23.2 cm³/mol. The molecule has 3 radical (unpaired) electrons. The Kier molecular flexibility index (Phi) is 4.75. The summed E-state index contributed by atoms with van der Waals surface area (Å²) in [6, 6.07) is 0. The van der Waals surface area contributed by atoms with Crippen LogP contribution in [0.3, 0.4) is 0 Å². The van der Waals surface area contributed by atoms with E-state index >= 15 is 0 Å². The van der Waals surface area contributed by atoms with Crippen LogP contribution in [0, 0.1) is 0 Å². The van der Waals surface area contributed by atoms with E-state index in [1.165, 1.54) is 0 Å². The van der Waals surface area contributed by atoms with E-state index in [0.717, 1.165) is 0 Å². The third-order valence-electron chi connectivity index (χ3n) is 0. The van der Waals surface area contributed by atoms with Gasteiger partial charge in [-0.25, -0.2) is 0 Å². The van der Waals surface area contributed by atoms with Gasteiger partial charge in [-0.3, -0.25) is 4.55 Å². The zero-order valence-electron chi connectivity index (χ0n) is 3.25. The molecule has 0 fully saturated rings. The first-order valence-electron chi connectivity index (χ1n) is 0.924. The second-order valence-electron chi connectivity index (χ2n) is 0.733. The van der Waals surface area contributed by atoms with Crippen LogP contribution in [0.1, 0.15) is 0 Å². The molecule has 0 unspecified atom stereocenters. The number of hydrogen-bond donors (Lipinski definition) is 1. The summed E-state index contributed by atoms with van der Waals surface area (Å²) in [5, 5.41) is 0. The molecule has 0 aliphatic rings. The van der Waals surface area contributed by atoms with E-state index in [0.29, 0.717) is 6.26 Å². The van der Waals surface area contributed by atoms with Crippen LogP contribution in [0.4, 0.5) is 0 Å². The van der Waals surface area contributed by atoms with Crippen LogP contribution in [-0.2, 0) is 10.1 Å². The van der Waals surface area contributed by atoms with E-state index in [1.807, 2.05) is 0 Å². The van der Waals surface area contributed by atoms with Crippen LogP contribution in [0.15, 0.2) is 0 Å². The van der Waals surface area contributed by atoms with Crippen LogP contribution >= 0.6 is 0 Å². The molecule has 1 N–H and O–H groups in total. The van der Waals surface area contributed by atoms with Gasteiger partial charge in [0.2, 0.25) is 0 Å². The third kappa shape index (κ3) is 112. The number of hydrogen-bond acceptors (Lipinski definition) is 2. The van der Waals surface area contributed by atoms with Crippen LogP contribution < -0.4 is 0 Å². The van der Waals surface area contributed by atoms with E-state index in [-0.39, 0.29) is 25.8 Å². The maximum Gasteiger partial charge on any atom is 0.261 e. The summed E-state index contributed by atoms with van der Waals surface area (Å²) < 4.78 is 25.9. The van der Waals surface area contributed by atoms with Crippen molar-refractivity contribution in [2.45, 2.75) is 0 Å². The van der Waals surface area contributed by atoms with Gasteiger partial charge in [-0.1, -0.05) is 0 Å². The van der Waals surface area contributed by atoms with Crippen molar-refractivity contribution in [1.29, 1.82) is 0 Å². The molecule has 6 heavy (non-hydrogen) atoms. The van der Waals surface area contributed by atoms with Crippen molar-refractivity contribution in [2.24, 2.45) is 0 Å². The zero-order valence-corrected chi connectivity index (χ0v) is 7.36. The van der Waals surface area contributed by atoms with Crippen LogP contribution in [0.25, 0.3) is 0 Å². The SMILES string of the molecule is CS(=O)(=O)O.[In]. The van der Waals surface area contributed by atoms with Crippen LogP contribution in [0.5, 0.6) is 0 Å². The maximum atomic E-state index is 9.19. The minimum Gasteiger partial charge on any atom is -0.286 e. The molecule has 35 valence electrons. The molecule has 3 nitrogen and oxygen atoms in total. The molecule has 0 bridgehead atoms. The van der Waals surface area contributed by atoms with E-state index < -0.39 is 10.1 Å². The molecule has 0 aliphatic heterocycles. The predicted octanol–water partition coefficient (Wildman–Crippen LogP) is -0.877. The fraction of sp³-hybridized carbons (Fsp3) is 1.00. The summed E-state index contributed by atoms with van der Waals surface area (Å²) in [6.07, 6.45) is 0.715. The Labute approximate surface area is 55.3 Å². The summed E-state index contributed by atoms with van der Waals surface area (Å²) in [5.74, 6) is 0. The Morgan fingerprint density at radius 3 is 1.50 bits per heavy atom. The van der Waals surface area contributed by atoms with Crippen molar-refractivity contribution < 1.29 is 13.0 Å². The zero-order chi connectivity index (χ0) is 4.50. The standard InChI is InChI=1S/CH4O3S.In/c1-5(2,3)4;/h1H3,(H,2,3,4);. The summed E-state index contributed by atoms with van der Waals surface area (Å²) in [5.41, 5.74) is 0. The average Bonchev–Trinajstić information content (AvgIpc) is 0.722. The molecule has 0 aromatic heterocycles. The fourth-order valence-electron chi connectivity index (χ4n) is 0. The summed E-state index contributed by atoms with van der Waals surface area (Å²) in [6.45, 7) is 0. The first-order valence-corrected chi connectivity index (χ1v) is 2.77. The van der Waals surface area contributed by atoms with Gasteiger partial charge in [-0.2, -0.15) is 8.42 Å². The maximum absolute atomic E-state index is 9.19. The van der Waals surface area contributed by atoms with E-state index in [4.69, 9.17) is 4.55 Å². The molecule has 0 heterocycles. The molecule has 0 aromatic carbocycles. The van der Waals surface area contributed by atoms with E-state index in [9.17, 15) is 8.42 Å². The van der Waals surface area contributed by atoms with Gasteiger partial charge in [0.1, 0.15) is 0 Å². The monoisotopic (exact) mass is 211 g/mol. The Morgan fingerprint density at radius 1 is 1.50 bits per heavy atom. The summed E-state index contributed by atoms with van der Waals surface area (Å²) in [7, 11) is -3.67. The van der Waals surface area contributed by atoms with Crippen molar-refractivity contribution in [3.63, 3.8) is 0 Å². The van der Waals surface area contributed by atoms with Crippen molar-refractivity contribution in [3.8, 4) is 0 Å². The largest absolute Gasteiger partial charge is 0.286 e. The van der Waals surface area contributed by atoms with E-state index in [1.54, 1.807) is 0 Å². The van der Waals surface area contributed by atoms with Crippen LogP contribution in [0.2, 0.25) is 0 Å². The second kappa shape index (κ2) is 2.87. The minimum atomic E-state index is -3.67. The molecule has 0 aliphatic carbocycles. The van der Waals surface area contributed by atoms with Crippen molar-refractivity contribution in [3.05, 3.63) is 0 Å². The molecule has 0 saturated carbocycles. The van der Waals surface area contributed by atoms with E-state index in [2.05, 4.69) is 0 Å².